The highest BCUT2D eigenvalue weighted by Gasteiger charge is 2.15. The van der Waals surface area contributed by atoms with Gasteiger partial charge in [0.05, 0.1) is 4.90 Å². The van der Waals surface area contributed by atoms with Gasteiger partial charge < -0.3 is 15.1 Å². The van der Waals surface area contributed by atoms with Crippen molar-refractivity contribution in [3.63, 3.8) is 0 Å². The van der Waals surface area contributed by atoms with Gasteiger partial charge in [-0.2, -0.15) is 0 Å². The number of hydrogen-bond acceptors (Lipinski definition) is 5. The third-order valence-corrected chi connectivity index (χ3v) is 6.84. The van der Waals surface area contributed by atoms with Crippen molar-refractivity contribution in [3.8, 4) is 0 Å². The zero-order valence-electron chi connectivity index (χ0n) is 17.9. The summed E-state index contributed by atoms with van der Waals surface area (Å²) >= 11 is 0. The minimum atomic E-state index is -3.67. The van der Waals surface area contributed by atoms with Crippen LogP contribution in [0.25, 0.3) is 0 Å². The largest absolute Gasteiger partial charge is 0.369 e. The van der Waals surface area contributed by atoms with Gasteiger partial charge in [-0.05, 0) is 67.7 Å². The molecule has 1 aliphatic rings. The number of nitrogens with zero attached hydrogens (tertiary/aromatic N) is 2. The normalized spacial score (nSPS) is 14.7. The molecule has 32 heavy (non-hydrogen) atoms. The van der Waals surface area contributed by atoms with E-state index in [4.69, 9.17) is 0 Å². The number of rotatable bonds is 6. The number of carbonyl (C=O) groups excluding carboxylic acids is 1. The molecule has 0 unspecified atom stereocenters. The molecule has 166 valence electrons. The molecule has 1 saturated heterocycles. The number of likely N-dealkylation sites (N-methyl/N-ethyl adjacent to an activating group) is 1. The monoisotopic (exact) mass is 450 g/mol. The number of sulfonamides is 1. The molecule has 4 rings (SSSR count). The number of piperazine rings is 1. The Hall–Kier alpha value is -3.36. The highest BCUT2D eigenvalue weighted by atomic mass is 32.2. The fourth-order valence-electron chi connectivity index (χ4n) is 3.53. The van der Waals surface area contributed by atoms with Crippen LogP contribution < -0.4 is 14.9 Å². The molecular weight excluding hydrogens is 424 g/mol. The lowest BCUT2D eigenvalue weighted by Crippen LogP contribution is -2.44. The van der Waals surface area contributed by atoms with Gasteiger partial charge in [-0.1, -0.05) is 18.2 Å². The summed E-state index contributed by atoms with van der Waals surface area (Å²) in [5, 5.41) is 2.88. The Bertz CT molecular complexity index is 1160. The van der Waals surface area contributed by atoms with Gasteiger partial charge in [0, 0.05) is 48.8 Å². The fraction of sp³-hybridized carbons (Fsp3) is 0.208. The van der Waals surface area contributed by atoms with Gasteiger partial charge in [-0.25, -0.2) is 8.42 Å². The van der Waals surface area contributed by atoms with E-state index >= 15 is 0 Å². The molecule has 3 aromatic rings. The van der Waals surface area contributed by atoms with Gasteiger partial charge in [0.2, 0.25) is 0 Å². The zero-order valence-corrected chi connectivity index (χ0v) is 18.7. The lowest BCUT2D eigenvalue weighted by atomic mass is 10.2. The summed E-state index contributed by atoms with van der Waals surface area (Å²) in [6.45, 7) is 4.05. The van der Waals surface area contributed by atoms with Crippen molar-refractivity contribution < 1.29 is 13.2 Å². The van der Waals surface area contributed by atoms with E-state index in [-0.39, 0.29) is 10.8 Å². The molecule has 0 aliphatic carbocycles. The smallest absolute Gasteiger partial charge is 0.261 e. The fourth-order valence-corrected chi connectivity index (χ4v) is 4.61. The summed E-state index contributed by atoms with van der Waals surface area (Å²) in [5.74, 6) is -0.255. The number of carbonyl (C=O) groups is 1. The Balaban J connectivity index is 1.37. The molecule has 1 fully saturated rings. The first-order chi connectivity index (χ1) is 15.4. The first-order valence-corrected chi connectivity index (χ1v) is 11.9. The van der Waals surface area contributed by atoms with Crippen LogP contribution >= 0.6 is 0 Å². The summed E-state index contributed by atoms with van der Waals surface area (Å²) in [5.41, 5.74) is 2.69. The second-order valence-corrected chi connectivity index (χ2v) is 9.47. The van der Waals surface area contributed by atoms with Crippen LogP contribution in [0.15, 0.2) is 83.8 Å². The van der Waals surface area contributed by atoms with E-state index in [1.54, 1.807) is 42.5 Å². The van der Waals surface area contributed by atoms with Gasteiger partial charge in [0.25, 0.3) is 15.9 Å². The maximum absolute atomic E-state index is 12.6. The number of amides is 1. The molecule has 0 atom stereocenters. The molecule has 8 heteroatoms. The standard InChI is InChI=1S/C24H26N4O3S/c1-27-15-17-28(18-16-27)22-13-11-20(12-14-22)25-24(29)19-7-9-21(10-8-19)26-32(30,31)23-5-3-2-4-6-23/h2-14,26H,15-18H2,1H3,(H,25,29). The Kier molecular flexibility index (Phi) is 6.43. The lowest BCUT2D eigenvalue weighted by molar-refractivity contribution is 0.102. The van der Waals surface area contributed by atoms with Crippen LogP contribution in [-0.4, -0.2) is 52.5 Å². The predicted molar refractivity (Wildman–Crippen MR) is 128 cm³/mol. The molecular formula is C24H26N4O3S. The summed E-state index contributed by atoms with van der Waals surface area (Å²) in [6.07, 6.45) is 0. The van der Waals surface area contributed by atoms with Crippen molar-refractivity contribution in [2.45, 2.75) is 4.90 Å². The quantitative estimate of drug-likeness (QED) is 0.601. The van der Waals surface area contributed by atoms with Crippen LogP contribution in [0.4, 0.5) is 17.1 Å². The van der Waals surface area contributed by atoms with Gasteiger partial charge in [0.1, 0.15) is 0 Å². The van der Waals surface area contributed by atoms with Crippen molar-refractivity contribution in [1.29, 1.82) is 0 Å². The minimum absolute atomic E-state index is 0.182. The Morgan fingerprint density at radius 1 is 0.781 bits per heavy atom. The Morgan fingerprint density at radius 2 is 1.38 bits per heavy atom. The van der Waals surface area contributed by atoms with Gasteiger partial charge >= 0.3 is 0 Å². The van der Waals surface area contributed by atoms with Gasteiger partial charge in [0.15, 0.2) is 0 Å². The van der Waals surface area contributed by atoms with Crippen molar-refractivity contribution in [2.24, 2.45) is 0 Å². The van der Waals surface area contributed by atoms with Crippen LogP contribution in [0.2, 0.25) is 0 Å². The van der Waals surface area contributed by atoms with E-state index in [0.717, 1.165) is 31.9 Å². The molecule has 1 heterocycles. The first kappa shape index (κ1) is 21.9. The summed E-state index contributed by atoms with van der Waals surface area (Å²) in [7, 11) is -1.54. The maximum Gasteiger partial charge on any atom is 0.261 e. The topological polar surface area (TPSA) is 81.8 Å². The number of nitrogens with one attached hydrogen (secondary N) is 2. The Morgan fingerprint density at radius 3 is 2.00 bits per heavy atom. The van der Waals surface area contributed by atoms with Crippen LogP contribution in [0.1, 0.15) is 10.4 Å². The first-order valence-electron chi connectivity index (χ1n) is 10.4. The maximum atomic E-state index is 12.6. The zero-order chi connectivity index (χ0) is 22.6. The molecule has 0 aromatic heterocycles. The third-order valence-electron chi connectivity index (χ3n) is 5.45. The van der Waals surface area contributed by atoms with E-state index in [1.807, 2.05) is 24.3 Å². The van der Waals surface area contributed by atoms with E-state index < -0.39 is 10.0 Å². The number of benzene rings is 3. The Labute approximate surface area is 188 Å². The summed E-state index contributed by atoms with van der Waals surface area (Å²) < 4.78 is 27.4. The molecule has 7 nitrogen and oxygen atoms in total. The van der Waals surface area contributed by atoms with Crippen LogP contribution in [0.3, 0.4) is 0 Å². The molecule has 3 aromatic carbocycles. The highest BCUT2D eigenvalue weighted by Crippen LogP contribution is 2.21. The second kappa shape index (κ2) is 9.42. The highest BCUT2D eigenvalue weighted by molar-refractivity contribution is 7.92. The molecule has 2 N–H and O–H groups in total. The SMILES string of the molecule is CN1CCN(c2ccc(NC(=O)c3ccc(NS(=O)(=O)c4ccccc4)cc3)cc2)CC1. The summed E-state index contributed by atoms with van der Waals surface area (Å²) in [6, 6.07) is 22.3. The average molecular weight is 451 g/mol. The van der Waals surface area contributed by atoms with Gasteiger partial charge in [-0.3, -0.25) is 9.52 Å². The molecule has 0 radical (unpaired) electrons. The van der Waals surface area contributed by atoms with E-state index in [0.29, 0.717) is 16.9 Å². The molecule has 1 amide bonds. The predicted octanol–water partition coefficient (Wildman–Crippen LogP) is 3.49. The molecule has 0 spiro atoms. The van der Waals surface area contributed by atoms with Gasteiger partial charge in [-0.15, -0.1) is 0 Å². The summed E-state index contributed by atoms with van der Waals surface area (Å²) in [4.78, 5) is 17.4. The van der Waals surface area contributed by atoms with Crippen LogP contribution in [-0.2, 0) is 10.0 Å². The third kappa shape index (κ3) is 5.27. The van der Waals surface area contributed by atoms with E-state index in [2.05, 4.69) is 26.9 Å². The van der Waals surface area contributed by atoms with Crippen molar-refractivity contribution in [2.75, 3.05) is 48.2 Å². The van der Waals surface area contributed by atoms with Crippen LogP contribution in [0.5, 0.6) is 0 Å². The van der Waals surface area contributed by atoms with Crippen molar-refractivity contribution in [3.05, 3.63) is 84.4 Å². The second-order valence-electron chi connectivity index (χ2n) is 7.79. The average Bonchev–Trinajstić information content (AvgIpc) is 2.81. The van der Waals surface area contributed by atoms with Crippen molar-refractivity contribution in [1.82, 2.24) is 4.90 Å². The van der Waals surface area contributed by atoms with E-state index in [1.165, 1.54) is 12.1 Å². The minimum Gasteiger partial charge on any atom is -0.369 e. The van der Waals surface area contributed by atoms with Crippen molar-refractivity contribution >= 4 is 33.0 Å². The lowest BCUT2D eigenvalue weighted by Gasteiger charge is -2.34. The molecule has 0 bridgehead atoms. The molecule has 1 aliphatic heterocycles. The molecule has 0 saturated carbocycles. The number of anilines is 3. The number of hydrogen-bond donors (Lipinski definition) is 2. The van der Waals surface area contributed by atoms with E-state index in [9.17, 15) is 13.2 Å². The van der Waals surface area contributed by atoms with Crippen LogP contribution in [0, 0.1) is 0 Å².